The number of carboxylic acid groups (broad SMARTS) is 1. The van der Waals surface area contributed by atoms with Crippen molar-refractivity contribution in [2.45, 2.75) is 104 Å². The minimum absolute atomic E-state index is 0. The first kappa shape index (κ1) is 24.7. The third-order valence-electron chi connectivity index (χ3n) is 6.03. The lowest BCUT2D eigenvalue weighted by Crippen LogP contribution is -2.42. The molecular formula is C21H42ClNO2. The zero-order valence-electron chi connectivity index (χ0n) is 16.7. The predicted octanol–water partition coefficient (Wildman–Crippen LogP) is 6.20. The summed E-state index contributed by atoms with van der Waals surface area (Å²) in [6, 6.07) is 0. The summed E-state index contributed by atoms with van der Waals surface area (Å²) < 4.78 is 0. The summed E-state index contributed by atoms with van der Waals surface area (Å²) in [5, 5.41) is 13.1. The van der Waals surface area contributed by atoms with Gasteiger partial charge in [-0.25, -0.2) is 0 Å². The van der Waals surface area contributed by atoms with Gasteiger partial charge in [-0.3, -0.25) is 4.79 Å². The third-order valence-corrected chi connectivity index (χ3v) is 6.03. The van der Waals surface area contributed by atoms with E-state index in [-0.39, 0.29) is 12.4 Å². The summed E-state index contributed by atoms with van der Waals surface area (Å²) in [7, 11) is 0. The third kappa shape index (κ3) is 9.84. The van der Waals surface area contributed by atoms with E-state index in [1.807, 2.05) is 6.92 Å². The van der Waals surface area contributed by atoms with Crippen molar-refractivity contribution in [2.75, 3.05) is 13.1 Å². The van der Waals surface area contributed by atoms with Crippen molar-refractivity contribution in [3.63, 3.8) is 0 Å². The standard InChI is InChI=1S/C21H41NO2.ClH/c1-3-4-5-6-7-8-9-10-11-12-13-16-21(2,20(23)24)19-14-17-22-18-15-19;/h19,22H,3-18H2,1-2H3,(H,23,24);1H. The number of aliphatic carboxylic acids is 1. The second kappa shape index (κ2) is 14.8. The van der Waals surface area contributed by atoms with Crippen molar-refractivity contribution < 1.29 is 9.90 Å². The number of nitrogens with one attached hydrogen (secondary N) is 1. The Morgan fingerprint density at radius 2 is 1.36 bits per heavy atom. The van der Waals surface area contributed by atoms with Crippen molar-refractivity contribution in [1.29, 1.82) is 0 Å². The summed E-state index contributed by atoms with van der Waals surface area (Å²) in [4.78, 5) is 11.8. The molecule has 1 saturated heterocycles. The normalized spacial score (nSPS) is 17.7. The summed E-state index contributed by atoms with van der Waals surface area (Å²) in [6.45, 7) is 6.21. The van der Waals surface area contributed by atoms with Crippen LogP contribution in [-0.2, 0) is 4.79 Å². The fraction of sp³-hybridized carbons (Fsp3) is 0.952. The van der Waals surface area contributed by atoms with E-state index in [9.17, 15) is 9.90 Å². The van der Waals surface area contributed by atoms with Gasteiger partial charge < -0.3 is 10.4 Å². The Balaban J connectivity index is 0.00000576. The average molecular weight is 376 g/mol. The van der Waals surface area contributed by atoms with E-state index in [4.69, 9.17) is 0 Å². The summed E-state index contributed by atoms with van der Waals surface area (Å²) >= 11 is 0. The molecule has 1 atom stereocenters. The zero-order valence-corrected chi connectivity index (χ0v) is 17.5. The highest BCUT2D eigenvalue weighted by Gasteiger charge is 2.40. The van der Waals surface area contributed by atoms with Crippen LogP contribution in [0, 0.1) is 11.3 Å². The van der Waals surface area contributed by atoms with E-state index >= 15 is 0 Å². The van der Waals surface area contributed by atoms with E-state index in [0.717, 1.165) is 38.8 Å². The molecule has 0 aromatic heterocycles. The van der Waals surface area contributed by atoms with Crippen LogP contribution in [0.2, 0.25) is 0 Å². The van der Waals surface area contributed by atoms with E-state index < -0.39 is 11.4 Å². The van der Waals surface area contributed by atoms with E-state index in [2.05, 4.69) is 12.2 Å². The molecule has 0 bridgehead atoms. The minimum Gasteiger partial charge on any atom is -0.481 e. The maximum atomic E-state index is 11.8. The molecule has 0 spiro atoms. The van der Waals surface area contributed by atoms with Gasteiger partial charge in [0.15, 0.2) is 0 Å². The quantitative estimate of drug-likeness (QED) is 0.355. The van der Waals surface area contributed by atoms with Crippen LogP contribution in [-0.4, -0.2) is 24.2 Å². The van der Waals surface area contributed by atoms with Gasteiger partial charge in [0.05, 0.1) is 5.41 Å². The molecule has 1 rings (SSSR count). The largest absolute Gasteiger partial charge is 0.481 e. The molecule has 0 aromatic carbocycles. The summed E-state index contributed by atoms with van der Waals surface area (Å²) in [5.74, 6) is -0.235. The van der Waals surface area contributed by atoms with Crippen molar-refractivity contribution in [3.8, 4) is 0 Å². The second-order valence-electron chi connectivity index (χ2n) is 8.03. The Labute approximate surface area is 162 Å². The van der Waals surface area contributed by atoms with Crippen LogP contribution in [0.4, 0.5) is 0 Å². The van der Waals surface area contributed by atoms with Crippen molar-refractivity contribution >= 4 is 18.4 Å². The number of hydrogen-bond acceptors (Lipinski definition) is 2. The molecule has 1 aliphatic rings. The van der Waals surface area contributed by atoms with E-state index in [0.29, 0.717) is 5.92 Å². The van der Waals surface area contributed by atoms with Crippen LogP contribution in [0.1, 0.15) is 104 Å². The number of piperidine rings is 1. The fourth-order valence-electron chi connectivity index (χ4n) is 4.10. The Bertz CT molecular complexity index is 332. The molecule has 0 aliphatic carbocycles. The maximum absolute atomic E-state index is 11.8. The number of halogens is 1. The molecule has 0 aromatic rings. The van der Waals surface area contributed by atoms with Crippen molar-refractivity contribution in [1.82, 2.24) is 5.32 Å². The van der Waals surface area contributed by atoms with E-state index in [1.54, 1.807) is 0 Å². The van der Waals surface area contributed by atoms with Gasteiger partial charge in [0.1, 0.15) is 0 Å². The topological polar surface area (TPSA) is 49.3 Å². The fourth-order valence-corrected chi connectivity index (χ4v) is 4.10. The van der Waals surface area contributed by atoms with Gasteiger partial charge in [-0.05, 0) is 45.2 Å². The monoisotopic (exact) mass is 375 g/mol. The van der Waals surface area contributed by atoms with Gasteiger partial charge in [0, 0.05) is 0 Å². The molecule has 1 fully saturated rings. The van der Waals surface area contributed by atoms with Gasteiger partial charge in [0.2, 0.25) is 0 Å². The molecule has 1 aliphatic heterocycles. The lowest BCUT2D eigenvalue weighted by Gasteiger charge is -2.37. The predicted molar refractivity (Wildman–Crippen MR) is 110 cm³/mol. The number of hydrogen-bond donors (Lipinski definition) is 2. The number of carbonyl (C=O) groups is 1. The van der Waals surface area contributed by atoms with Crippen LogP contribution in [0.3, 0.4) is 0 Å². The molecular weight excluding hydrogens is 334 g/mol. The summed E-state index contributed by atoms with van der Waals surface area (Å²) in [5.41, 5.74) is -0.513. The Hall–Kier alpha value is -0.280. The molecule has 0 radical (unpaired) electrons. The molecule has 0 amide bonds. The maximum Gasteiger partial charge on any atom is 0.309 e. The molecule has 1 heterocycles. The van der Waals surface area contributed by atoms with Crippen molar-refractivity contribution in [2.24, 2.45) is 11.3 Å². The van der Waals surface area contributed by atoms with Crippen LogP contribution in [0.5, 0.6) is 0 Å². The van der Waals surface area contributed by atoms with Crippen molar-refractivity contribution in [3.05, 3.63) is 0 Å². The molecule has 4 heteroatoms. The van der Waals surface area contributed by atoms with Gasteiger partial charge in [-0.15, -0.1) is 12.4 Å². The van der Waals surface area contributed by atoms with Crippen LogP contribution in [0.25, 0.3) is 0 Å². The SMILES string of the molecule is CCCCCCCCCCCCCC(C)(C(=O)O)C1CCNCC1.Cl. The van der Waals surface area contributed by atoms with E-state index in [1.165, 1.54) is 64.2 Å². The van der Waals surface area contributed by atoms with Gasteiger partial charge >= 0.3 is 5.97 Å². The Kier molecular flexibility index (Phi) is 14.7. The highest BCUT2D eigenvalue weighted by molar-refractivity contribution is 5.85. The Morgan fingerprint density at radius 3 is 1.80 bits per heavy atom. The average Bonchev–Trinajstić information content (AvgIpc) is 2.60. The highest BCUT2D eigenvalue weighted by atomic mass is 35.5. The van der Waals surface area contributed by atoms with Gasteiger partial charge in [0.25, 0.3) is 0 Å². The zero-order chi connectivity index (χ0) is 17.7. The van der Waals surface area contributed by atoms with Crippen LogP contribution in [0.15, 0.2) is 0 Å². The molecule has 3 nitrogen and oxygen atoms in total. The first-order valence-electron chi connectivity index (χ1n) is 10.6. The number of carboxylic acids is 1. The van der Waals surface area contributed by atoms with Crippen LogP contribution < -0.4 is 5.32 Å². The minimum atomic E-state index is -0.582. The van der Waals surface area contributed by atoms with Gasteiger partial charge in [-0.2, -0.15) is 0 Å². The molecule has 0 saturated carbocycles. The molecule has 25 heavy (non-hydrogen) atoms. The Morgan fingerprint density at radius 1 is 0.920 bits per heavy atom. The lowest BCUT2D eigenvalue weighted by molar-refractivity contribution is -0.152. The summed E-state index contributed by atoms with van der Waals surface area (Å²) in [6.07, 6.45) is 17.4. The van der Waals surface area contributed by atoms with Crippen LogP contribution >= 0.6 is 12.4 Å². The molecule has 1 unspecified atom stereocenters. The highest BCUT2D eigenvalue weighted by Crippen LogP contribution is 2.38. The molecule has 2 N–H and O–H groups in total. The van der Waals surface area contributed by atoms with Gasteiger partial charge in [-0.1, -0.05) is 77.6 Å². The number of unbranched alkanes of at least 4 members (excludes halogenated alkanes) is 10. The first-order valence-corrected chi connectivity index (χ1v) is 10.6. The molecule has 150 valence electrons. The second-order valence-corrected chi connectivity index (χ2v) is 8.03. The smallest absolute Gasteiger partial charge is 0.309 e. The number of rotatable bonds is 14. The lowest BCUT2D eigenvalue weighted by atomic mass is 9.69. The first-order chi connectivity index (χ1) is 11.6.